The maximum absolute atomic E-state index is 10.7. The van der Waals surface area contributed by atoms with Crippen molar-refractivity contribution in [2.75, 3.05) is 6.61 Å². The molecule has 0 saturated carbocycles. The molecule has 21 heavy (non-hydrogen) atoms. The summed E-state index contributed by atoms with van der Waals surface area (Å²) >= 11 is 0. The average Bonchev–Trinajstić information content (AvgIpc) is 2.72. The largest absolute Gasteiger partial charge is 0.507 e. The van der Waals surface area contributed by atoms with E-state index in [2.05, 4.69) is 52.6 Å². The van der Waals surface area contributed by atoms with E-state index in [0.717, 1.165) is 11.1 Å². The van der Waals surface area contributed by atoms with Crippen LogP contribution in [0.25, 0.3) is 0 Å². The monoisotopic (exact) mass is 289 g/mol. The number of hydrogen-bond donors (Lipinski definition) is 1. The molecule has 0 aliphatic carbocycles. The SMILES string of the molecule is C[C@H]1COC(c2cc(C(C)(C)C)cc(C(C)(C)C)c2O)=N1. The molecule has 1 aliphatic rings. The van der Waals surface area contributed by atoms with Gasteiger partial charge in [0.1, 0.15) is 12.4 Å². The summed E-state index contributed by atoms with van der Waals surface area (Å²) in [6.45, 7) is 15.5. The number of phenols is 1. The number of benzene rings is 1. The van der Waals surface area contributed by atoms with Crippen molar-refractivity contribution >= 4 is 5.90 Å². The molecule has 0 bridgehead atoms. The van der Waals surface area contributed by atoms with E-state index in [1.54, 1.807) is 0 Å². The predicted octanol–water partition coefficient (Wildman–Crippen LogP) is 4.15. The molecule has 0 fully saturated rings. The van der Waals surface area contributed by atoms with Gasteiger partial charge in [-0.3, -0.25) is 0 Å². The van der Waals surface area contributed by atoms with E-state index in [1.807, 2.05) is 13.0 Å². The predicted molar refractivity (Wildman–Crippen MR) is 87.5 cm³/mol. The van der Waals surface area contributed by atoms with Gasteiger partial charge in [0.15, 0.2) is 0 Å². The molecule has 0 spiro atoms. The number of nitrogens with zero attached hydrogens (tertiary/aromatic N) is 1. The van der Waals surface area contributed by atoms with Gasteiger partial charge in [-0.05, 0) is 29.4 Å². The number of aliphatic imine (C=N–C) groups is 1. The van der Waals surface area contributed by atoms with Crippen LogP contribution in [0.1, 0.15) is 65.2 Å². The van der Waals surface area contributed by atoms with Crippen molar-refractivity contribution in [1.29, 1.82) is 0 Å². The van der Waals surface area contributed by atoms with Gasteiger partial charge in [-0.25, -0.2) is 4.99 Å². The van der Waals surface area contributed by atoms with Gasteiger partial charge in [0.25, 0.3) is 0 Å². The molecule has 3 heteroatoms. The molecule has 1 atom stereocenters. The van der Waals surface area contributed by atoms with E-state index in [0.29, 0.717) is 18.3 Å². The molecular weight excluding hydrogens is 262 g/mol. The summed E-state index contributed by atoms with van der Waals surface area (Å²) in [5.74, 6) is 0.861. The third-order valence-corrected chi connectivity index (χ3v) is 3.81. The molecule has 0 amide bonds. The number of ether oxygens (including phenoxy) is 1. The molecule has 3 nitrogen and oxygen atoms in total. The zero-order valence-corrected chi connectivity index (χ0v) is 14.2. The van der Waals surface area contributed by atoms with Crippen molar-refractivity contribution in [3.63, 3.8) is 0 Å². The molecule has 0 radical (unpaired) electrons. The third-order valence-electron chi connectivity index (χ3n) is 3.81. The van der Waals surface area contributed by atoms with E-state index in [-0.39, 0.29) is 16.9 Å². The van der Waals surface area contributed by atoms with Gasteiger partial charge >= 0.3 is 0 Å². The Balaban J connectivity index is 2.67. The highest BCUT2D eigenvalue weighted by atomic mass is 16.5. The second-order valence-corrected chi connectivity index (χ2v) is 8.01. The van der Waals surface area contributed by atoms with Gasteiger partial charge in [-0.2, -0.15) is 0 Å². The minimum atomic E-state index is -0.134. The lowest BCUT2D eigenvalue weighted by molar-refractivity contribution is 0.322. The summed E-state index contributed by atoms with van der Waals surface area (Å²) in [6.07, 6.45) is 0. The Hall–Kier alpha value is -1.51. The molecule has 1 N–H and O–H groups in total. The zero-order chi connectivity index (χ0) is 16.0. The van der Waals surface area contributed by atoms with Crippen LogP contribution in [-0.4, -0.2) is 23.7 Å². The van der Waals surface area contributed by atoms with E-state index in [4.69, 9.17) is 4.74 Å². The number of aromatic hydroxyl groups is 1. The highest BCUT2D eigenvalue weighted by Gasteiger charge is 2.28. The van der Waals surface area contributed by atoms with Crippen LogP contribution in [-0.2, 0) is 15.6 Å². The molecule has 1 aliphatic heterocycles. The first-order chi connectivity index (χ1) is 9.50. The Bertz CT molecular complexity index is 574. The molecule has 1 aromatic rings. The Morgan fingerprint density at radius 3 is 2.14 bits per heavy atom. The first-order valence-corrected chi connectivity index (χ1v) is 7.59. The molecule has 0 unspecified atom stereocenters. The zero-order valence-electron chi connectivity index (χ0n) is 14.2. The van der Waals surface area contributed by atoms with Crippen LogP contribution in [0.2, 0.25) is 0 Å². The fraction of sp³-hybridized carbons (Fsp3) is 0.611. The highest BCUT2D eigenvalue weighted by Crippen LogP contribution is 2.38. The van der Waals surface area contributed by atoms with Crippen molar-refractivity contribution in [3.8, 4) is 5.75 Å². The standard InChI is InChI=1S/C18H27NO2/c1-11-10-21-16(19-11)13-8-12(17(2,3)4)9-14(15(13)20)18(5,6)7/h8-9,11,20H,10H2,1-7H3/t11-/m0/s1. The quantitative estimate of drug-likeness (QED) is 0.843. The van der Waals surface area contributed by atoms with Crippen molar-refractivity contribution < 1.29 is 9.84 Å². The van der Waals surface area contributed by atoms with Crippen LogP contribution in [0.3, 0.4) is 0 Å². The van der Waals surface area contributed by atoms with Crippen LogP contribution in [0.4, 0.5) is 0 Å². The van der Waals surface area contributed by atoms with Gasteiger partial charge in [0, 0.05) is 5.56 Å². The van der Waals surface area contributed by atoms with Crippen LogP contribution in [0, 0.1) is 0 Å². The molecule has 2 rings (SSSR count). The normalized spacial score (nSPS) is 19.4. The smallest absolute Gasteiger partial charge is 0.220 e. The van der Waals surface area contributed by atoms with Crippen molar-refractivity contribution in [3.05, 3.63) is 28.8 Å². The first-order valence-electron chi connectivity index (χ1n) is 7.59. The summed E-state index contributed by atoms with van der Waals surface area (Å²) in [5, 5.41) is 10.7. The molecular formula is C18H27NO2. The Kier molecular flexibility index (Phi) is 3.81. The molecule has 0 saturated heterocycles. The molecule has 0 aromatic heterocycles. The van der Waals surface area contributed by atoms with E-state index >= 15 is 0 Å². The fourth-order valence-corrected chi connectivity index (χ4v) is 2.42. The first kappa shape index (κ1) is 15.9. The van der Waals surface area contributed by atoms with Crippen LogP contribution in [0.5, 0.6) is 5.75 Å². The van der Waals surface area contributed by atoms with Crippen molar-refractivity contribution in [1.82, 2.24) is 0 Å². The topological polar surface area (TPSA) is 41.8 Å². The third kappa shape index (κ3) is 3.22. The molecule has 1 aromatic carbocycles. The number of phenolic OH excluding ortho intramolecular Hbond substituents is 1. The van der Waals surface area contributed by atoms with Crippen molar-refractivity contribution in [2.45, 2.75) is 65.3 Å². The summed E-state index contributed by atoms with van der Waals surface area (Å²) in [4.78, 5) is 4.50. The van der Waals surface area contributed by atoms with Gasteiger partial charge in [-0.1, -0.05) is 47.6 Å². The summed E-state index contributed by atoms with van der Waals surface area (Å²) in [6, 6.07) is 4.27. The molecule has 1 heterocycles. The van der Waals surface area contributed by atoms with Gasteiger partial charge in [0.2, 0.25) is 5.90 Å². The summed E-state index contributed by atoms with van der Waals surface area (Å²) < 4.78 is 5.66. The van der Waals surface area contributed by atoms with Gasteiger partial charge in [-0.15, -0.1) is 0 Å². The van der Waals surface area contributed by atoms with Gasteiger partial charge < -0.3 is 9.84 Å². The second kappa shape index (κ2) is 5.04. The highest BCUT2D eigenvalue weighted by molar-refractivity contribution is 5.98. The Morgan fingerprint density at radius 1 is 1.10 bits per heavy atom. The minimum Gasteiger partial charge on any atom is -0.507 e. The van der Waals surface area contributed by atoms with Crippen LogP contribution >= 0.6 is 0 Å². The average molecular weight is 289 g/mol. The maximum atomic E-state index is 10.7. The lowest BCUT2D eigenvalue weighted by atomic mass is 9.79. The lowest BCUT2D eigenvalue weighted by Gasteiger charge is -2.27. The van der Waals surface area contributed by atoms with Crippen LogP contribution in [0.15, 0.2) is 17.1 Å². The lowest BCUT2D eigenvalue weighted by Crippen LogP contribution is -2.18. The maximum Gasteiger partial charge on any atom is 0.220 e. The number of rotatable bonds is 1. The van der Waals surface area contributed by atoms with Crippen LogP contribution < -0.4 is 0 Å². The molecule has 116 valence electrons. The fourth-order valence-electron chi connectivity index (χ4n) is 2.42. The van der Waals surface area contributed by atoms with Crippen molar-refractivity contribution in [2.24, 2.45) is 4.99 Å². The van der Waals surface area contributed by atoms with E-state index in [9.17, 15) is 5.11 Å². The van der Waals surface area contributed by atoms with Gasteiger partial charge in [0.05, 0.1) is 11.6 Å². The Morgan fingerprint density at radius 2 is 1.71 bits per heavy atom. The summed E-state index contributed by atoms with van der Waals surface area (Å²) in [5.41, 5.74) is 2.72. The summed E-state index contributed by atoms with van der Waals surface area (Å²) in [7, 11) is 0. The second-order valence-electron chi connectivity index (χ2n) is 8.01. The van der Waals surface area contributed by atoms with E-state index in [1.165, 1.54) is 5.56 Å². The Labute approximate surface area is 128 Å². The number of hydrogen-bond acceptors (Lipinski definition) is 3. The van der Waals surface area contributed by atoms with E-state index < -0.39 is 0 Å². The minimum absolute atomic E-state index is 0.00717.